The van der Waals surface area contributed by atoms with E-state index < -0.39 is 0 Å². The molecule has 1 N–H and O–H groups in total. The molecule has 0 fully saturated rings. The minimum atomic E-state index is -0.205. The molecule has 164 valence electrons. The SMILES string of the molecule is Cc1c(C(=O)NCCn2nc(-c3ccccc3)ccc2=O)sc2nc(-c3ccccc3)cn12. The van der Waals surface area contributed by atoms with Crippen LogP contribution in [-0.4, -0.2) is 31.6 Å². The zero-order valence-corrected chi connectivity index (χ0v) is 18.7. The topological polar surface area (TPSA) is 81.3 Å². The fourth-order valence-corrected chi connectivity index (χ4v) is 4.66. The first-order valence-corrected chi connectivity index (χ1v) is 11.4. The second kappa shape index (κ2) is 8.84. The van der Waals surface area contributed by atoms with Gasteiger partial charge in [-0.15, -0.1) is 0 Å². The van der Waals surface area contributed by atoms with Gasteiger partial charge in [0.05, 0.1) is 17.9 Å². The summed E-state index contributed by atoms with van der Waals surface area (Å²) in [5, 5.41) is 7.34. The molecule has 5 rings (SSSR count). The number of thiazole rings is 1. The van der Waals surface area contributed by atoms with Gasteiger partial charge in [-0.1, -0.05) is 72.0 Å². The quantitative estimate of drug-likeness (QED) is 0.419. The number of carbonyl (C=O) groups excluding carboxylic acids is 1. The van der Waals surface area contributed by atoms with Crippen LogP contribution in [0, 0.1) is 6.92 Å². The van der Waals surface area contributed by atoms with Crippen LogP contribution in [-0.2, 0) is 6.54 Å². The maximum absolute atomic E-state index is 12.8. The standard InChI is InChI=1S/C25H21N5O2S/c1-17-23(33-25-27-21(16-29(17)25)19-10-6-3-7-11-19)24(32)26-14-15-30-22(31)13-12-20(28-30)18-8-4-2-5-9-18/h2-13,16H,14-15H2,1H3,(H,26,32). The Labute approximate surface area is 194 Å². The highest BCUT2D eigenvalue weighted by molar-refractivity contribution is 7.19. The number of carbonyl (C=O) groups is 1. The summed E-state index contributed by atoms with van der Waals surface area (Å²) in [6.07, 6.45) is 1.95. The molecule has 0 unspecified atom stereocenters. The third-order valence-corrected chi connectivity index (χ3v) is 6.53. The summed E-state index contributed by atoms with van der Waals surface area (Å²) < 4.78 is 3.32. The number of nitrogens with one attached hydrogen (secondary N) is 1. The molecule has 0 bridgehead atoms. The third kappa shape index (κ3) is 4.20. The largest absolute Gasteiger partial charge is 0.349 e. The molecule has 0 saturated heterocycles. The monoisotopic (exact) mass is 455 g/mol. The van der Waals surface area contributed by atoms with E-state index in [2.05, 4.69) is 15.4 Å². The number of imidazole rings is 1. The van der Waals surface area contributed by atoms with Crippen molar-refractivity contribution in [1.29, 1.82) is 0 Å². The number of hydrogen-bond donors (Lipinski definition) is 1. The van der Waals surface area contributed by atoms with Crippen LogP contribution in [0.15, 0.2) is 83.8 Å². The lowest BCUT2D eigenvalue weighted by atomic mass is 10.1. The smallest absolute Gasteiger partial charge is 0.266 e. The summed E-state index contributed by atoms with van der Waals surface area (Å²) in [5.41, 5.74) is 4.19. The van der Waals surface area contributed by atoms with Crippen molar-refractivity contribution in [3.8, 4) is 22.5 Å². The highest BCUT2D eigenvalue weighted by Crippen LogP contribution is 2.27. The van der Waals surface area contributed by atoms with Crippen molar-refractivity contribution < 1.29 is 4.79 Å². The Balaban J connectivity index is 1.28. The van der Waals surface area contributed by atoms with Crippen LogP contribution in [0.5, 0.6) is 0 Å². The Morgan fingerprint density at radius 2 is 1.61 bits per heavy atom. The molecule has 0 aliphatic carbocycles. The first-order valence-electron chi connectivity index (χ1n) is 10.6. The average molecular weight is 456 g/mol. The van der Waals surface area contributed by atoms with Gasteiger partial charge in [-0.05, 0) is 13.0 Å². The van der Waals surface area contributed by atoms with Gasteiger partial charge in [0, 0.05) is 35.6 Å². The number of benzene rings is 2. The molecule has 0 spiro atoms. The maximum Gasteiger partial charge on any atom is 0.266 e. The van der Waals surface area contributed by atoms with Crippen molar-refractivity contribution in [1.82, 2.24) is 24.5 Å². The van der Waals surface area contributed by atoms with Crippen LogP contribution < -0.4 is 10.9 Å². The molecule has 0 radical (unpaired) electrons. The molecule has 3 heterocycles. The fourth-order valence-electron chi connectivity index (χ4n) is 3.64. The summed E-state index contributed by atoms with van der Waals surface area (Å²) in [6, 6.07) is 22.8. The van der Waals surface area contributed by atoms with Gasteiger partial charge < -0.3 is 5.32 Å². The lowest BCUT2D eigenvalue weighted by Gasteiger charge is -2.08. The van der Waals surface area contributed by atoms with Crippen LogP contribution in [0.2, 0.25) is 0 Å². The normalized spacial score (nSPS) is 11.1. The first kappa shape index (κ1) is 20.8. The van der Waals surface area contributed by atoms with Crippen molar-refractivity contribution in [2.24, 2.45) is 0 Å². The van der Waals surface area contributed by atoms with Crippen molar-refractivity contribution in [3.63, 3.8) is 0 Å². The highest BCUT2D eigenvalue weighted by atomic mass is 32.1. The predicted molar refractivity (Wildman–Crippen MR) is 130 cm³/mol. The van der Waals surface area contributed by atoms with Crippen molar-refractivity contribution in [2.75, 3.05) is 6.54 Å². The molecule has 0 atom stereocenters. The van der Waals surface area contributed by atoms with E-state index >= 15 is 0 Å². The van der Waals surface area contributed by atoms with E-state index in [1.165, 1.54) is 22.1 Å². The third-order valence-electron chi connectivity index (χ3n) is 5.38. The number of fused-ring (bicyclic) bond motifs is 1. The Bertz CT molecular complexity index is 1490. The average Bonchev–Trinajstić information content (AvgIpc) is 3.41. The summed E-state index contributed by atoms with van der Waals surface area (Å²) in [6.45, 7) is 2.48. The van der Waals surface area contributed by atoms with E-state index in [0.29, 0.717) is 17.1 Å². The molecule has 8 heteroatoms. The molecule has 7 nitrogen and oxygen atoms in total. The van der Waals surface area contributed by atoms with Crippen LogP contribution in [0.3, 0.4) is 0 Å². The number of amides is 1. The van der Waals surface area contributed by atoms with Gasteiger partial charge in [-0.3, -0.25) is 14.0 Å². The van der Waals surface area contributed by atoms with Crippen LogP contribution in [0.25, 0.3) is 27.5 Å². The Morgan fingerprint density at radius 1 is 0.939 bits per heavy atom. The fraction of sp³-hybridized carbons (Fsp3) is 0.120. The Morgan fingerprint density at radius 3 is 2.27 bits per heavy atom. The molecule has 0 saturated carbocycles. The zero-order valence-electron chi connectivity index (χ0n) is 17.9. The molecule has 1 amide bonds. The lowest BCUT2D eigenvalue weighted by molar-refractivity contribution is 0.0955. The molecule has 5 aromatic rings. The Kier molecular flexibility index (Phi) is 5.58. The van der Waals surface area contributed by atoms with E-state index in [9.17, 15) is 9.59 Å². The number of hydrogen-bond acceptors (Lipinski definition) is 5. The van der Waals surface area contributed by atoms with Gasteiger partial charge in [0.25, 0.3) is 11.5 Å². The summed E-state index contributed by atoms with van der Waals surface area (Å²) in [7, 11) is 0. The van der Waals surface area contributed by atoms with Crippen molar-refractivity contribution in [3.05, 3.63) is 99.9 Å². The summed E-state index contributed by atoms with van der Waals surface area (Å²) in [5.74, 6) is -0.184. The second-order valence-electron chi connectivity index (χ2n) is 7.56. The zero-order chi connectivity index (χ0) is 22.8. The molecule has 0 aliphatic heterocycles. The van der Waals surface area contributed by atoms with Crippen molar-refractivity contribution >= 4 is 22.2 Å². The van der Waals surface area contributed by atoms with Crippen molar-refractivity contribution in [2.45, 2.75) is 13.5 Å². The summed E-state index contributed by atoms with van der Waals surface area (Å²) >= 11 is 1.35. The van der Waals surface area contributed by atoms with E-state index in [1.807, 2.05) is 78.2 Å². The number of aromatic nitrogens is 4. The second-order valence-corrected chi connectivity index (χ2v) is 8.54. The van der Waals surface area contributed by atoms with Gasteiger partial charge in [0.1, 0.15) is 4.88 Å². The minimum Gasteiger partial charge on any atom is -0.349 e. The molecular weight excluding hydrogens is 434 g/mol. The summed E-state index contributed by atoms with van der Waals surface area (Å²) in [4.78, 5) is 31.1. The van der Waals surface area contributed by atoms with Gasteiger partial charge in [0.15, 0.2) is 4.96 Å². The van der Waals surface area contributed by atoms with Crippen LogP contribution in [0.4, 0.5) is 0 Å². The van der Waals surface area contributed by atoms with Gasteiger partial charge in [0.2, 0.25) is 0 Å². The highest BCUT2D eigenvalue weighted by Gasteiger charge is 2.18. The molecule has 0 aliphatic rings. The van der Waals surface area contributed by atoms with E-state index in [1.54, 1.807) is 6.07 Å². The number of aryl methyl sites for hydroxylation is 1. The van der Waals surface area contributed by atoms with E-state index in [0.717, 1.165) is 27.5 Å². The molecule has 3 aromatic heterocycles. The first-order chi connectivity index (χ1) is 16.1. The van der Waals surface area contributed by atoms with Crippen LogP contribution in [0.1, 0.15) is 15.4 Å². The Hall–Kier alpha value is -4.04. The van der Waals surface area contributed by atoms with Gasteiger partial charge in [-0.2, -0.15) is 5.10 Å². The van der Waals surface area contributed by atoms with Crippen LogP contribution >= 0.6 is 11.3 Å². The number of rotatable bonds is 6. The predicted octanol–water partition coefficient (Wildman–Crippen LogP) is 4.02. The van der Waals surface area contributed by atoms with Gasteiger partial charge >= 0.3 is 0 Å². The number of nitrogens with zero attached hydrogens (tertiary/aromatic N) is 4. The van der Waals surface area contributed by atoms with Gasteiger partial charge in [-0.25, -0.2) is 9.67 Å². The molecule has 2 aromatic carbocycles. The molecule has 33 heavy (non-hydrogen) atoms. The maximum atomic E-state index is 12.8. The minimum absolute atomic E-state index is 0.184. The van der Waals surface area contributed by atoms with E-state index in [4.69, 9.17) is 0 Å². The van der Waals surface area contributed by atoms with E-state index in [-0.39, 0.29) is 18.0 Å². The molecular formula is C25H21N5O2S. The lowest BCUT2D eigenvalue weighted by Crippen LogP contribution is -2.31.